The molecule has 1 saturated carbocycles. The highest BCUT2D eigenvalue weighted by Crippen LogP contribution is 2.38. The zero-order chi connectivity index (χ0) is 22.2. The van der Waals surface area contributed by atoms with E-state index >= 15 is 0 Å². The van der Waals surface area contributed by atoms with Gasteiger partial charge >= 0.3 is 0 Å². The van der Waals surface area contributed by atoms with Crippen LogP contribution >= 0.6 is 0 Å². The molecule has 0 N–H and O–H groups in total. The fourth-order valence-electron chi connectivity index (χ4n) is 5.76. The number of methoxy groups -OCH3 is 1. The average molecular weight is 442 g/mol. The van der Waals surface area contributed by atoms with Crippen LogP contribution < -0.4 is 9.64 Å². The van der Waals surface area contributed by atoms with Crippen LogP contribution in [0.25, 0.3) is 21.9 Å². The topological polar surface area (TPSA) is 41.7 Å². The first-order valence-corrected chi connectivity index (χ1v) is 12.2. The maximum Gasteiger partial charge on any atom is 0.134 e. The Morgan fingerprint density at radius 1 is 0.879 bits per heavy atom. The van der Waals surface area contributed by atoms with Gasteiger partial charge in [-0.05, 0) is 49.9 Å². The summed E-state index contributed by atoms with van der Waals surface area (Å²) in [7, 11) is 1.74. The maximum atomic E-state index is 6.17. The number of nitrogens with zero attached hydrogens (tertiary/aromatic N) is 3. The van der Waals surface area contributed by atoms with E-state index in [4.69, 9.17) is 9.15 Å². The largest absolute Gasteiger partial charge is 0.497 e. The molecule has 2 aromatic carbocycles. The van der Waals surface area contributed by atoms with Gasteiger partial charge in [-0.2, -0.15) is 0 Å². The summed E-state index contributed by atoms with van der Waals surface area (Å²) in [5.41, 5.74) is 3.28. The highest BCUT2D eigenvalue weighted by molar-refractivity contribution is 5.92. The fraction of sp³-hybridized carbons (Fsp3) is 0.393. The van der Waals surface area contributed by atoms with Crippen LogP contribution in [0.15, 0.2) is 65.2 Å². The third-order valence-electron chi connectivity index (χ3n) is 7.61. The number of benzene rings is 2. The van der Waals surface area contributed by atoms with Crippen LogP contribution in [-0.2, 0) is 0 Å². The molecule has 3 heterocycles. The molecule has 2 aromatic heterocycles. The Morgan fingerprint density at radius 3 is 2.45 bits per heavy atom. The van der Waals surface area contributed by atoms with E-state index < -0.39 is 0 Å². The van der Waals surface area contributed by atoms with Crippen molar-refractivity contribution in [1.29, 1.82) is 0 Å². The van der Waals surface area contributed by atoms with Crippen molar-refractivity contribution in [2.75, 3.05) is 38.2 Å². The highest BCUT2D eigenvalue weighted by atomic mass is 16.5. The summed E-state index contributed by atoms with van der Waals surface area (Å²) in [5, 5.41) is 2.36. The van der Waals surface area contributed by atoms with Gasteiger partial charge < -0.3 is 14.1 Å². The van der Waals surface area contributed by atoms with Crippen molar-refractivity contribution >= 4 is 27.6 Å². The van der Waals surface area contributed by atoms with Crippen molar-refractivity contribution < 1.29 is 9.15 Å². The van der Waals surface area contributed by atoms with Crippen molar-refractivity contribution in [2.24, 2.45) is 0 Å². The lowest BCUT2D eigenvalue weighted by Crippen LogP contribution is -2.51. The third-order valence-corrected chi connectivity index (χ3v) is 7.61. The number of hydrogen-bond acceptors (Lipinski definition) is 5. The number of para-hydroxylation sites is 1. The zero-order valence-corrected chi connectivity index (χ0v) is 19.2. The fourth-order valence-corrected chi connectivity index (χ4v) is 5.76. The second-order valence-electron chi connectivity index (χ2n) is 9.44. The number of ether oxygens (including phenoxy) is 1. The SMILES string of the molecule is COc1cc(N2CCN(C3CCC(c4cc5ccccc5o4)CC3)CC2)c2ncccc2c1. The van der Waals surface area contributed by atoms with Crippen molar-refractivity contribution in [3.05, 3.63) is 66.6 Å². The third kappa shape index (κ3) is 3.95. The van der Waals surface area contributed by atoms with E-state index in [0.29, 0.717) is 12.0 Å². The second-order valence-corrected chi connectivity index (χ2v) is 9.44. The van der Waals surface area contributed by atoms with E-state index in [2.05, 4.69) is 63.3 Å². The highest BCUT2D eigenvalue weighted by Gasteiger charge is 2.30. The van der Waals surface area contributed by atoms with Gasteiger partial charge in [0, 0.05) is 61.2 Å². The molecule has 0 radical (unpaired) electrons. The molecule has 2 aliphatic rings. The minimum Gasteiger partial charge on any atom is -0.497 e. The number of anilines is 1. The summed E-state index contributed by atoms with van der Waals surface area (Å²) in [4.78, 5) is 9.86. The van der Waals surface area contributed by atoms with Gasteiger partial charge in [-0.1, -0.05) is 24.3 Å². The predicted octanol–water partition coefficient (Wildman–Crippen LogP) is 5.84. The average Bonchev–Trinajstić information content (AvgIpc) is 3.33. The predicted molar refractivity (Wildman–Crippen MR) is 133 cm³/mol. The molecule has 5 heteroatoms. The molecule has 0 unspecified atom stereocenters. The molecule has 170 valence electrons. The first-order chi connectivity index (χ1) is 16.3. The summed E-state index contributed by atoms with van der Waals surface area (Å²) in [6.07, 6.45) is 6.83. The number of fused-ring (bicyclic) bond motifs is 2. The van der Waals surface area contributed by atoms with Crippen LogP contribution in [0, 0.1) is 0 Å². The van der Waals surface area contributed by atoms with Crippen molar-refractivity contribution in [3.63, 3.8) is 0 Å². The van der Waals surface area contributed by atoms with Gasteiger partial charge in [0.25, 0.3) is 0 Å². The number of piperazine rings is 1. The minimum atomic E-state index is 0.559. The van der Waals surface area contributed by atoms with Crippen LogP contribution in [0.4, 0.5) is 5.69 Å². The normalized spacial score (nSPS) is 22.2. The molecule has 6 rings (SSSR count). The lowest BCUT2D eigenvalue weighted by Gasteiger charge is -2.42. The number of furan rings is 1. The van der Waals surface area contributed by atoms with Crippen LogP contribution in [0.5, 0.6) is 5.75 Å². The molecule has 1 saturated heterocycles. The second kappa shape index (κ2) is 8.71. The Balaban J connectivity index is 1.10. The molecule has 0 spiro atoms. The molecule has 0 bridgehead atoms. The molecule has 5 nitrogen and oxygen atoms in total. The molecule has 1 aliphatic heterocycles. The van der Waals surface area contributed by atoms with E-state index in [1.807, 2.05) is 12.3 Å². The first-order valence-electron chi connectivity index (χ1n) is 12.2. The van der Waals surface area contributed by atoms with Gasteiger partial charge in [0.1, 0.15) is 17.1 Å². The van der Waals surface area contributed by atoms with Crippen molar-refractivity contribution in [2.45, 2.75) is 37.6 Å². The standard InChI is InChI=1S/C28H31N3O2/c1-32-24-17-22-6-4-12-29-28(22)25(19-24)31-15-13-30(14-16-31)23-10-8-20(9-11-23)27-18-21-5-2-3-7-26(21)33-27/h2-7,12,17-20,23H,8-11,13-16H2,1H3. The van der Waals surface area contributed by atoms with Gasteiger partial charge in [-0.15, -0.1) is 0 Å². The van der Waals surface area contributed by atoms with Crippen LogP contribution in [0.2, 0.25) is 0 Å². The van der Waals surface area contributed by atoms with E-state index in [1.165, 1.54) is 42.5 Å². The van der Waals surface area contributed by atoms with Crippen LogP contribution in [0.1, 0.15) is 37.4 Å². The summed E-state index contributed by atoms with van der Waals surface area (Å²) >= 11 is 0. The summed E-state index contributed by atoms with van der Waals surface area (Å²) in [6, 6.07) is 19.6. The van der Waals surface area contributed by atoms with E-state index in [-0.39, 0.29) is 0 Å². The number of aromatic nitrogens is 1. The monoisotopic (exact) mass is 441 g/mol. The van der Waals surface area contributed by atoms with Gasteiger partial charge in [-0.3, -0.25) is 9.88 Å². The van der Waals surface area contributed by atoms with Crippen LogP contribution in [-0.4, -0.2) is 49.2 Å². The Kier molecular flexibility index (Phi) is 5.43. The molecular weight excluding hydrogens is 410 g/mol. The van der Waals surface area contributed by atoms with Gasteiger partial charge in [0.05, 0.1) is 18.3 Å². The molecule has 1 aliphatic carbocycles. The van der Waals surface area contributed by atoms with Gasteiger partial charge in [0.2, 0.25) is 0 Å². The lowest BCUT2D eigenvalue weighted by atomic mass is 9.83. The Labute approximate surface area is 195 Å². The quantitative estimate of drug-likeness (QED) is 0.398. The molecular formula is C28H31N3O2. The van der Waals surface area contributed by atoms with Crippen molar-refractivity contribution in [3.8, 4) is 5.75 Å². The summed E-state index contributed by atoms with van der Waals surface area (Å²) in [6.45, 7) is 4.27. The molecule has 0 amide bonds. The molecule has 33 heavy (non-hydrogen) atoms. The summed E-state index contributed by atoms with van der Waals surface area (Å²) in [5.74, 6) is 2.64. The smallest absolute Gasteiger partial charge is 0.134 e. The van der Waals surface area contributed by atoms with E-state index in [9.17, 15) is 0 Å². The number of hydrogen-bond donors (Lipinski definition) is 0. The van der Waals surface area contributed by atoms with E-state index in [1.54, 1.807) is 7.11 Å². The molecule has 2 fully saturated rings. The van der Waals surface area contributed by atoms with Gasteiger partial charge in [-0.25, -0.2) is 0 Å². The van der Waals surface area contributed by atoms with Crippen LogP contribution in [0.3, 0.4) is 0 Å². The Morgan fingerprint density at radius 2 is 1.67 bits per heavy atom. The van der Waals surface area contributed by atoms with E-state index in [0.717, 1.165) is 48.4 Å². The lowest BCUT2D eigenvalue weighted by molar-refractivity contribution is 0.138. The van der Waals surface area contributed by atoms with Gasteiger partial charge in [0.15, 0.2) is 0 Å². The minimum absolute atomic E-state index is 0.559. The number of rotatable bonds is 4. The molecule has 0 atom stereocenters. The van der Waals surface area contributed by atoms with Crippen molar-refractivity contribution in [1.82, 2.24) is 9.88 Å². The maximum absolute atomic E-state index is 6.17. The summed E-state index contributed by atoms with van der Waals surface area (Å²) < 4.78 is 11.7. The zero-order valence-electron chi connectivity index (χ0n) is 19.2. The first kappa shape index (κ1) is 20.5. The molecule has 4 aromatic rings. The number of pyridine rings is 1. The Bertz CT molecular complexity index is 1220. The Hall–Kier alpha value is -3.05.